The normalized spacial score (nSPS) is 15.6. The van der Waals surface area contributed by atoms with E-state index in [4.69, 9.17) is 9.97 Å². The van der Waals surface area contributed by atoms with Crippen LogP contribution in [0, 0.1) is 6.92 Å². The van der Waals surface area contributed by atoms with Crippen LogP contribution in [0.3, 0.4) is 0 Å². The van der Waals surface area contributed by atoms with Gasteiger partial charge in [0.2, 0.25) is 5.91 Å². The molecule has 101 heavy (non-hydrogen) atoms. The maximum Gasteiger partial charge on any atom is 0.219 e. The molecule has 0 bridgehead atoms. The van der Waals surface area contributed by atoms with Crippen molar-refractivity contribution in [3.63, 3.8) is 0 Å². The lowest BCUT2D eigenvalue weighted by atomic mass is 9.89. The minimum atomic E-state index is 0.0753. The van der Waals surface area contributed by atoms with E-state index in [0.717, 1.165) is 210 Å². The lowest BCUT2D eigenvalue weighted by molar-refractivity contribution is -0.128. The molecule has 4 N–H and O–H groups in total. The van der Waals surface area contributed by atoms with E-state index in [2.05, 4.69) is 147 Å². The van der Waals surface area contributed by atoms with Gasteiger partial charge < -0.3 is 26.2 Å². The van der Waals surface area contributed by atoms with E-state index in [1.807, 2.05) is 83.8 Å². The first kappa shape index (κ1) is 67.4. The number of unbranched alkanes of at least 4 members (excludes halogenated alkanes) is 2. The van der Waals surface area contributed by atoms with Crippen molar-refractivity contribution in [3.05, 3.63) is 226 Å². The molecule has 0 radical (unpaired) electrons. The molecule has 10 heterocycles. The summed E-state index contributed by atoms with van der Waals surface area (Å²) in [5, 5.41) is 16.0. The first-order chi connectivity index (χ1) is 49.4. The van der Waals surface area contributed by atoms with Crippen molar-refractivity contribution >= 4 is 95.9 Å². The zero-order valence-corrected chi connectivity index (χ0v) is 57.3. The van der Waals surface area contributed by atoms with Gasteiger partial charge in [-0.25, -0.2) is 39.9 Å². The summed E-state index contributed by atoms with van der Waals surface area (Å²) in [6.45, 7) is 11.8. The third kappa shape index (κ3) is 15.9. The number of anilines is 4. The van der Waals surface area contributed by atoms with Gasteiger partial charge in [-0.1, -0.05) is 139 Å². The third-order valence-electron chi connectivity index (χ3n) is 19.8. The monoisotopic (exact) mass is 1350 g/mol. The number of rotatable bonds is 15. The highest BCUT2D eigenvalue weighted by atomic mass is 16.2. The van der Waals surface area contributed by atoms with E-state index in [9.17, 15) is 24.0 Å². The van der Waals surface area contributed by atoms with E-state index in [1.165, 1.54) is 35.1 Å². The molecule has 20 nitrogen and oxygen atoms in total. The predicted octanol–water partition coefficient (Wildman–Crippen LogP) is 12.8. The Bertz CT molecular complexity index is 4890. The second kappa shape index (κ2) is 31.2. The number of carbonyl (C=O) groups is 5. The SMILES string of the molecule is CC(=O)N1CCCN(Cc2nc3c4c(cccc4n2)C(=O)CN3)CC1.Cc1ccc(CCCCc2nc3c4c(cccc4n2)C(=O)CN3)cc1.O=C1CNc2nc(CCCCc3ccccc3)nc3cccc1c23.O=C1CNc2nc(CN3CCC(c4ccccc4)CC3)nc3cccc1c23. The Balaban J connectivity index is 0.000000114. The van der Waals surface area contributed by atoms with Crippen molar-refractivity contribution in [2.75, 3.05) is 86.7 Å². The average Bonchev–Trinajstić information content (AvgIpc) is 0.849. The number of hydrogen-bond acceptors (Lipinski definition) is 19. The molecule has 6 aliphatic heterocycles. The number of aryl methyl sites for hydroxylation is 5. The molecule has 0 aliphatic carbocycles. The van der Waals surface area contributed by atoms with Crippen LogP contribution in [-0.2, 0) is 43.6 Å². The highest BCUT2D eigenvalue weighted by molar-refractivity contribution is 6.17. The molecule has 20 heteroatoms. The Kier molecular flexibility index (Phi) is 20.8. The Morgan fingerprint density at radius 1 is 0.386 bits per heavy atom. The topological polar surface area (TPSA) is 246 Å². The smallest absolute Gasteiger partial charge is 0.219 e. The summed E-state index contributed by atoms with van der Waals surface area (Å²) in [6.07, 6.45) is 11.5. The van der Waals surface area contributed by atoms with Gasteiger partial charge in [0.05, 0.1) is 82.9 Å². The van der Waals surface area contributed by atoms with E-state index in [-0.39, 0.29) is 35.6 Å². The van der Waals surface area contributed by atoms with Crippen LogP contribution in [0.25, 0.3) is 43.6 Å². The standard InChI is InChI=1S/C22H22N4O.C21H21N3O.C20H19N3O.C18H21N5O2/c27-19-13-23-22-21-17(19)7-4-8-18(21)24-20(25-22)14-26-11-9-16(10-12-26)15-5-2-1-3-6-15;1-14-9-11-15(12-10-14)5-2-3-8-19-23-17-7-4-6-16-18(25)13-22-21(24-19)20(16)17;24-17-13-21-20-19-15(17)10-6-11-16(19)22-18(23-20)12-5-4-9-14-7-2-1-3-8-14;1-12(24)23-7-3-6-22(8-9-23)11-16-20-14-5-2-4-13-15(25)10-19-18(21-16)17(13)14/h1-8,16H,9-14H2,(H,23,24,25);4,6-7,9-12H,2-3,5,8,13H2,1H3,(H,22,23,24);1-3,6-8,10-11H,4-5,9,12-13H2,(H,21,22,23);2,4-5H,3,6-11H2,1H3,(H,19,20,21). The fourth-order valence-electron chi connectivity index (χ4n) is 14.4. The highest BCUT2D eigenvalue weighted by Crippen LogP contribution is 2.34. The molecule has 6 aliphatic rings. The van der Waals surface area contributed by atoms with Crippen molar-refractivity contribution in [3.8, 4) is 0 Å². The van der Waals surface area contributed by atoms with Crippen LogP contribution in [-0.4, -0.2) is 149 Å². The Hall–Kier alpha value is -10.8. The molecule has 0 spiro atoms. The summed E-state index contributed by atoms with van der Waals surface area (Å²) in [5.74, 6) is 7.59. The second-order valence-electron chi connectivity index (χ2n) is 26.8. The summed E-state index contributed by atoms with van der Waals surface area (Å²) >= 11 is 0. The number of likely N-dealkylation sites (tertiary alicyclic amines) is 1. The van der Waals surface area contributed by atoms with Crippen molar-refractivity contribution < 1.29 is 24.0 Å². The lowest BCUT2D eigenvalue weighted by Gasteiger charge is -2.31. The Morgan fingerprint density at radius 2 is 0.762 bits per heavy atom. The molecule has 0 unspecified atom stereocenters. The number of amides is 1. The maximum atomic E-state index is 12.1. The molecule has 7 aromatic carbocycles. The molecule has 4 aromatic heterocycles. The molecule has 2 fully saturated rings. The van der Waals surface area contributed by atoms with Crippen LogP contribution in [0.1, 0.15) is 145 Å². The van der Waals surface area contributed by atoms with E-state index in [1.54, 1.807) is 6.92 Å². The quantitative estimate of drug-likeness (QED) is 0.0697. The van der Waals surface area contributed by atoms with E-state index < -0.39 is 0 Å². The largest absolute Gasteiger partial charge is 0.362 e. The predicted molar refractivity (Wildman–Crippen MR) is 396 cm³/mol. The number of nitrogens with one attached hydrogen (secondary N) is 4. The molecule has 2 saturated heterocycles. The van der Waals surface area contributed by atoms with Gasteiger partial charge in [-0.3, -0.25) is 33.8 Å². The summed E-state index contributed by atoms with van der Waals surface area (Å²) in [6, 6.07) is 52.9. The second-order valence-corrected chi connectivity index (χ2v) is 26.8. The Labute approximate surface area is 587 Å². The summed E-state index contributed by atoms with van der Waals surface area (Å²) in [7, 11) is 0. The minimum Gasteiger partial charge on any atom is -0.362 e. The van der Waals surface area contributed by atoms with Gasteiger partial charge >= 0.3 is 0 Å². The van der Waals surface area contributed by atoms with Gasteiger partial charge in [-0.05, 0) is 125 Å². The molecule has 11 aromatic rings. The van der Waals surface area contributed by atoms with Crippen LogP contribution < -0.4 is 21.3 Å². The summed E-state index contributed by atoms with van der Waals surface area (Å²) < 4.78 is 0. The van der Waals surface area contributed by atoms with Crippen LogP contribution in [0.5, 0.6) is 0 Å². The number of carbonyl (C=O) groups excluding carboxylic acids is 5. The molecule has 0 atom stereocenters. The van der Waals surface area contributed by atoms with E-state index in [0.29, 0.717) is 37.7 Å². The van der Waals surface area contributed by atoms with E-state index >= 15 is 0 Å². The van der Waals surface area contributed by atoms with Crippen LogP contribution in [0.4, 0.5) is 23.3 Å². The maximum absolute atomic E-state index is 12.1. The summed E-state index contributed by atoms with van der Waals surface area (Å²) in [4.78, 5) is 104. The average molecular weight is 1350 g/mol. The van der Waals surface area contributed by atoms with Gasteiger partial charge in [0, 0.05) is 68.2 Å². The number of hydrogen-bond donors (Lipinski definition) is 4. The van der Waals surface area contributed by atoms with Crippen LogP contribution in [0.15, 0.2) is 158 Å². The number of nitrogens with zero attached hydrogens (tertiary/aromatic N) is 11. The molecular weight excluding hydrogens is 1260 g/mol. The van der Waals surface area contributed by atoms with Gasteiger partial charge in [-0.2, -0.15) is 0 Å². The number of aromatic nitrogens is 8. The zero-order chi connectivity index (χ0) is 69.2. The molecule has 1 amide bonds. The zero-order valence-electron chi connectivity index (χ0n) is 57.3. The molecule has 0 saturated carbocycles. The number of ketones is 4. The first-order valence-electron chi connectivity index (χ1n) is 35.5. The Morgan fingerprint density at radius 3 is 1.19 bits per heavy atom. The van der Waals surface area contributed by atoms with Crippen molar-refractivity contribution in [2.45, 2.75) is 103 Å². The fraction of sp³-hybridized carbons (Fsp3) is 0.321. The number of Topliss-reactive ketones (excluding diaryl/α,β-unsaturated/α-hetero) is 4. The molecular formula is C81H83N15O5. The number of benzene rings is 7. The molecule has 17 rings (SSSR count). The first-order valence-corrected chi connectivity index (χ1v) is 35.5. The molecule has 512 valence electrons. The highest BCUT2D eigenvalue weighted by Gasteiger charge is 2.28. The van der Waals surface area contributed by atoms with Crippen molar-refractivity contribution in [1.29, 1.82) is 0 Å². The van der Waals surface area contributed by atoms with Crippen LogP contribution >= 0.6 is 0 Å². The lowest BCUT2D eigenvalue weighted by Crippen LogP contribution is -2.33. The third-order valence-corrected chi connectivity index (χ3v) is 19.8. The summed E-state index contributed by atoms with van der Waals surface area (Å²) in [5.41, 5.74) is 11.8. The van der Waals surface area contributed by atoms with Crippen molar-refractivity contribution in [2.24, 2.45) is 0 Å². The fourth-order valence-corrected chi connectivity index (χ4v) is 14.4. The van der Waals surface area contributed by atoms with Gasteiger partial charge in [0.25, 0.3) is 0 Å². The van der Waals surface area contributed by atoms with Gasteiger partial charge in [0.1, 0.15) is 46.6 Å². The van der Waals surface area contributed by atoms with Crippen molar-refractivity contribution in [1.82, 2.24) is 54.6 Å². The minimum absolute atomic E-state index is 0.0753. The van der Waals surface area contributed by atoms with Gasteiger partial charge in [0.15, 0.2) is 23.1 Å². The van der Waals surface area contributed by atoms with Crippen LogP contribution in [0.2, 0.25) is 0 Å². The number of piperidine rings is 1. The van der Waals surface area contributed by atoms with Gasteiger partial charge in [-0.15, -0.1) is 0 Å².